The molecule has 0 amide bonds. The van der Waals surface area contributed by atoms with Crippen LogP contribution in [0.25, 0.3) is 0 Å². The molecule has 2 fully saturated rings. The summed E-state index contributed by atoms with van der Waals surface area (Å²) in [5, 5.41) is 0. The Kier molecular flexibility index (Phi) is 12.0. The van der Waals surface area contributed by atoms with Crippen LogP contribution in [0.3, 0.4) is 0 Å². The SMILES string of the molecule is CCCCCC(=O)C=C(C(=O)O[C@@H]1C[C@H](C)CC[C@H]1C(C)C)C(=O)O[C@@H]1C[C@H](C)CC[C@H]1C(C)C. The first kappa shape index (κ1) is 29.6. The second-order valence-corrected chi connectivity index (χ2v) is 12.0. The molecule has 2 rings (SSSR count). The zero-order valence-corrected chi connectivity index (χ0v) is 23.3. The molecule has 0 aromatic heterocycles. The van der Waals surface area contributed by atoms with Gasteiger partial charge >= 0.3 is 11.9 Å². The predicted octanol–water partition coefficient (Wildman–Crippen LogP) is 7.07. The minimum absolute atomic E-state index is 0.211. The Morgan fingerprint density at radius 3 is 1.63 bits per heavy atom. The molecule has 5 heteroatoms. The highest BCUT2D eigenvalue weighted by molar-refractivity contribution is 6.18. The number of ether oxygens (including phenoxy) is 2. The molecule has 0 heterocycles. The standard InChI is InChI=1S/C30H50O5/c1-8-9-10-11-23(31)18-26(29(32)34-27-16-21(6)12-14-24(27)19(2)3)30(33)35-28-17-22(7)13-15-25(28)20(4)5/h18-22,24-25,27-28H,8-17H2,1-7H3/t21-,22-,24+,25+,27-,28-/m1/s1. The molecule has 35 heavy (non-hydrogen) atoms. The van der Waals surface area contributed by atoms with Gasteiger partial charge in [-0.3, -0.25) is 4.79 Å². The van der Waals surface area contributed by atoms with Crippen molar-refractivity contribution < 1.29 is 23.9 Å². The number of carbonyl (C=O) groups excluding carboxylic acids is 3. The Morgan fingerprint density at radius 2 is 1.23 bits per heavy atom. The minimum atomic E-state index is -0.700. The van der Waals surface area contributed by atoms with E-state index in [0.29, 0.717) is 30.1 Å². The molecule has 2 aliphatic carbocycles. The number of hydrogen-bond acceptors (Lipinski definition) is 5. The molecule has 0 saturated heterocycles. The average molecular weight is 491 g/mol. The summed E-state index contributed by atoms with van der Waals surface area (Å²) >= 11 is 0. The fourth-order valence-electron chi connectivity index (χ4n) is 5.89. The fraction of sp³-hybridized carbons (Fsp3) is 0.833. The number of rotatable bonds is 11. The van der Waals surface area contributed by atoms with E-state index in [9.17, 15) is 14.4 Å². The van der Waals surface area contributed by atoms with Gasteiger partial charge in [-0.1, -0.05) is 74.1 Å². The van der Waals surface area contributed by atoms with Crippen LogP contribution in [-0.4, -0.2) is 29.9 Å². The van der Waals surface area contributed by atoms with Crippen molar-refractivity contribution in [3.8, 4) is 0 Å². The molecule has 0 aromatic rings. The summed E-state index contributed by atoms with van der Waals surface area (Å²) < 4.78 is 11.9. The van der Waals surface area contributed by atoms with E-state index in [1.807, 2.05) is 0 Å². The highest BCUT2D eigenvalue weighted by atomic mass is 16.6. The summed E-state index contributed by atoms with van der Waals surface area (Å²) in [6, 6.07) is 0. The molecule has 5 nitrogen and oxygen atoms in total. The number of unbranched alkanes of at least 4 members (excludes halogenated alkanes) is 2. The highest BCUT2D eigenvalue weighted by Crippen LogP contribution is 2.37. The largest absolute Gasteiger partial charge is 0.458 e. The lowest BCUT2D eigenvalue weighted by atomic mass is 9.75. The first-order valence-corrected chi connectivity index (χ1v) is 14.2. The maximum absolute atomic E-state index is 13.4. The summed E-state index contributed by atoms with van der Waals surface area (Å²) in [5.41, 5.74) is -0.229. The zero-order valence-electron chi connectivity index (χ0n) is 23.3. The van der Waals surface area contributed by atoms with Crippen molar-refractivity contribution in [3.63, 3.8) is 0 Å². The van der Waals surface area contributed by atoms with Crippen molar-refractivity contribution in [2.75, 3.05) is 0 Å². The topological polar surface area (TPSA) is 69.7 Å². The maximum Gasteiger partial charge on any atom is 0.345 e. The second kappa shape index (κ2) is 14.2. The van der Waals surface area contributed by atoms with Crippen LogP contribution in [0.15, 0.2) is 11.6 Å². The van der Waals surface area contributed by atoms with Gasteiger partial charge < -0.3 is 9.47 Å². The second-order valence-electron chi connectivity index (χ2n) is 12.0. The molecular formula is C30H50O5. The first-order valence-electron chi connectivity index (χ1n) is 14.2. The van der Waals surface area contributed by atoms with Crippen LogP contribution >= 0.6 is 0 Å². The van der Waals surface area contributed by atoms with E-state index >= 15 is 0 Å². The van der Waals surface area contributed by atoms with Gasteiger partial charge in [0.25, 0.3) is 0 Å². The number of carbonyl (C=O) groups is 3. The third-order valence-corrected chi connectivity index (χ3v) is 8.21. The summed E-state index contributed by atoms with van der Waals surface area (Å²) in [4.78, 5) is 39.4. The first-order chi connectivity index (χ1) is 16.5. The molecule has 0 aliphatic heterocycles. The maximum atomic E-state index is 13.4. The van der Waals surface area contributed by atoms with E-state index in [1.165, 1.54) is 6.08 Å². The van der Waals surface area contributed by atoms with Crippen LogP contribution < -0.4 is 0 Å². The van der Waals surface area contributed by atoms with E-state index in [2.05, 4.69) is 48.5 Å². The van der Waals surface area contributed by atoms with E-state index < -0.39 is 11.9 Å². The Balaban J connectivity index is 2.23. The van der Waals surface area contributed by atoms with E-state index in [4.69, 9.17) is 9.47 Å². The third kappa shape index (κ3) is 9.06. The summed E-state index contributed by atoms with van der Waals surface area (Å²) in [6.45, 7) is 15.0. The van der Waals surface area contributed by atoms with Crippen molar-refractivity contribution >= 4 is 17.7 Å². The van der Waals surface area contributed by atoms with E-state index in [0.717, 1.165) is 57.8 Å². The van der Waals surface area contributed by atoms with Crippen LogP contribution in [0.4, 0.5) is 0 Å². The molecule has 0 spiro atoms. The van der Waals surface area contributed by atoms with Gasteiger partial charge in [0.1, 0.15) is 17.8 Å². The van der Waals surface area contributed by atoms with Gasteiger partial charge in [-0.2, -0.15) is 0 Å². The van der Waals surface area contributed by atoms with Crippen molar-refractivity contribution in [3.05, 3.63) is 11.6 Å². The molecule has 2 saturated carbocycles. The Labute approximate surface area is 213 Å². The Morgan fingerprint density at radius 1 is 0.771 bits per heavy atom. The molecule has 0 bridgehead atoms. The Bertz CT molecular complexity index is 689. The monoisotopic (exact) mass is 490 g/mol. The number of allylic oxidation sites excluding steroid dienone is 1. The van der Waals surface area contributed by atoms with Gasteiger partial charge in [-0.05, 0) is 67.6 Å². The van der Waals surface area contributed by atoms with Gasteiger partial charge in [0.15, 0.2) is 5.78 Å². The normalized spacial score (nSPS) is 29.1. The van der Waals surface area contributed by atoms with Crippen LogP contribution in [0.5, 0.6) is 0 Å². The fourth-order valence-corrected chi connectivity index (χ4v) is 5.89. The molecule has 0 aromatic carbocycles. The van der Waals surface area contributed by atoms with Crippen LogP contribution in [-0.2, 0) is 23.9 Å². The van der Waals surface area contributed by atoms with Crippen molar-refractivity contribution in [1.29, 1.82) is 0 Å². The summed E-state index contributed by atoms with van der Waals surface area (Å²) in [5.74, 6) is 0.604. The van der Waals surface area contributed by atoms with E-state index in [1.54, 1.807) is 0 Å². The molecule has 0 radical (unpaired) electrons. The number of hydrogen-bond donors (Lipinski definition) is 0. The quantitative estimate of drug-likeness (QED) is 0.102. The van der Waals surface area contributed by atoms with Gasteiger partial charge in [0, 0.05) is 12.5 Å². The highest BCUT2D eigenvalue weighted by Gasteiger charge is 2.38. The van der Waals surface area contributed by atoms with Crippen molar-refractivity contribution in [2.45, 2.75) is 125 Å². The smallest absolute Gasteiger partial charge is 0.345 e. The molecule has 2 aliphatic rings. The van der Waals surface area contributed by atoms with Gasteiger partial charge in [0.05, 0.1) is 0 Å². The predicted molar refractivity (Wildman–Crippen MR) is 140 cm³/mol. The number of ketones is 1. The van der Waals surface area contributed by atoms with Gasteiger partial charge in [0.2, 0.25) is 0 Å². The molecule has 0 unspecified atom stereocenters. The lowest BCUT2D eigenvalue weighted by Gasteiger charge is -2.37. The molecule has 0 N–H and O–H groups in total. The lowest BCUT2D eigenvalue weighted by molar-refractivity contribution is -0.160. The summed E-state index contributed by atoms with van der Waals surface area (Å²) in [7, 11) is 0. The van der Waals surface area contributed by atoms with Crippen LogP contribution in [0, 0.1) is 35.5 Å². The lowest BCUT2D eigenvalue weighted by Crippen LogP contribution is -2.39. The summed E-state index contributed by atoms with van der Waals surface area (Å²) in [6.07, 6.45) is 9.56. The third-order valence-electron chi connectivity index (χ3n) is 8.21. The minimum Gasteiger partial charge on any atom is -0.458 e. The molecule has 200 valence electrons. The van der Waals surface area contributed by atoms with Crippen molar-refractivity contribution in [1.82, 2.24) is 0 Å². The van der Waals surface area contributed by atoms with Crippen LogP contribution in [0.1, 0.15) is 113 Å². The van der Waals surface area contributed by atoms with Crippen LogP contribution in [0.2, 0.25) is 0 Å². The zero-order chi connectivity index (χ0) is 26.1. The average Bonchev–Trinajstić information content (AvgIpc) is 2.77. The van der Waals surface area contributed by atoms with Gasteiger partial charge in [-0.25, -0.2) is 9.59 Å². The van der Waals surface area contributed by atoms with Gasteiger partial charge in [-0.15, -0.1) is 0 Å². The number of esters is 2. The van der Waals surface area contributed by atoms with Crippen molar-refractivity contribution in [2.24, 2.45) is 35.5 Å². The molecular weight excluding hydrogens is 440 g/mol. The Hall–Kier alpha value is -1.65. The molecule has 6 atom stereocenters. The van der Waals surface area contributed by atoms with E-state index in [-0.39, 0.29) is 35.4 Å².